The number of aryl methyl sites for hydroxylation is 2. The molecule has 1 heterocycles. The van der Waals surface area contributed by atoms with E-state index >= 15 is 0 Å². The highest BCUT2D eigenvalue weighted by Crippen LogP contribution is 2.36. The lowest BCUT2D eigenvalue weighted by molar-refractivity contribution is 0.218. The van der Waals surface area contributed by atoms with Crippen LogP contribution in [0.4, 0.5) is 0 Å². The number of hydrogen-bond acceptors (Lipinski definition) is 3. The van der Waals surface area contributed by atoms with Gasteiger partial charge in [0.2, 0.25) is 0 Å². The molecule has 0 amide bonds. The average molecular weight is 268 g/mol. The number of nitrogens with zero attached hydrogens (tertiary/aromatic N) is 2. The van der Waals surface area contributed by atoms with Gasteiger partial charge >= 0.3 is 0 Å². The summed E-state index contributed by atoms with van der Waals surface area (Å²) in [5.41, 5.74) is 4.77. The van der Waals surface area contributed by atoms with E-state index in [0.717, 1.165) is 28.4 Å². The highest BCUT2D eigenvalue weighted by molar-refractivity contribution is 5.35. The molecule has 1 saturated carbocycles. The Morgan fingerprint density at radius 2 is 1.80 bits per heavy atom. The molecule has 0 bridgehead atoms. The summed E-state index contributed by atoms with van der Waals surface area (Å²) in [7, 11) is 0. The minimum Gasteiger partial charge on any atom is -0.384 e. The van der Waals surface area contributed by atoms with Gasteiger partial charge in [0, 0.05) is 5.56 Å². The zero-order chi connectivity index (χ0) is 14.1. The lowest BCUT2D eigenvalue weighted by Crippen LogP contribution is -2.09. The topological polar surface area (TPSA) is 46.0 Å². The molecular formula is C17H20N2O. The van der Waals surface area contributed by atoms with Gasteiger partial charge in [-0.1, -0.05) is 30.7 Å². The summed E-state index contributed by atoms with van der Waals surface area (Å²) >= 11 is 0. The van der Waals surface area contributed by atoms with E-state index in [1.807, 2.05) is 32.0 Å². The van der Waals surface area contributed by atoms with Crippen LogP contribution in [0, 0.1) is 13.8 Å². The number of aromatic nitrogens is 2. The van der Waals surface area contributed by atoms with Crippen molar-refractivity contribution in [3.63, 3.8) is 0 Å². The zero-order valence-corrected chi connectivity index (χ0v) is 12.0. The van der Waals surface area contributed by atoms with E-state index in [-0.39, 0.29) is 0 Å². The van der Waals surface area contributed by atoms with Crippen LogP contribution in [0.2, 0.25) is 0 Å². The highest BCUT2D eigenvalue weighted by atomic mass is 16.3. The van der Waals surface area contributed by atoms with Crippen LogP contribution in [0.25, 0.3) is 0 Å². The second kappa shape index (κ2) is 5.33. The van der Waals surface area contributed by atoms with Crippen molar-refractivity contribution in [2.24, 2.45) is 0 Å². The summed E-state index contributed by atoms with van der Waals surface area (Å²) in [5.74, 6) is 0.729. The number of benzene rings is 1. The maximum absolute atomic E-state index is 10.5. The van der Waals surface area contributed by atoms with E-state index in [2.05, 4.69) is 22.3 Å². The molecule has 2 aromatic rings. The molecule has 20 heavy (non-hydrogen) atoms. The SMILES string of the molecule is Cc1cc(C(O)c2ccc(C3CCC3)cc2)c(C)nn1. The lowest BCUT2D eigenvalue weighted by Gasteiger charge is -2.26. The van der Waals surface area contributed by atoms with Gasteiger partial charge in [0.15, 0.2) is 0 Å². The van der Waals surface area contributed by atoms with Crippen LogP contribution >= 0.6 is 0 Å². The van der Waals surface area contributed by atoms with Crippen molar-refractivity contribution in [3.8, 4) is 0 Å². The van der Waals surface area contributed by atoms with Crippen molar-refractivity contribution in [3.05, 3.63) is 58.4 Å². The molecule has 3 nitrogen and oxygen atoms in total. The Morgan fingerprint density at radius 1 is 1.10 bits per heavy atom. The fourth-order valence-corrected chi connectivity index (χ4v) is 2.72. The smallest absolute Gasteiger partial charge is 0.106 e. The van der Waals surface area contributed by atoms with Crippen molar-refractivity contribution >= 4 is 0 Å². The van der Waals surface area contributed by atoms with E-state index in [0.29, 0.717) is 0 Å². The van der Waals surface area contributed by atoms with Crippen LogP contribution < -0.4 is 0 Å². The van der Waals surface area contributed by atoms with Gasteiger partial charge in [-0.3, -0.25) is 0 Å². The lowest BCUT2D eigenvalue weighted by atomic mass is 9.80. The maximum atomic E-state index is 10.5. The third kappa shape index (κ3) is 2.46. The first-order valence-electron chi connectivity index (χ1n) is 7.24. The molecule has 1 aromatic carbocycles. The summed E-state index contributed by atoms with van der Waals surface area (Å²) < 4.78 is 0. The summed E-state index contributed by atoms with van der Waals surface area (Å²) in [6.45, 7) is 3.77. The second-order valence-electron chi connectivity index (χ2n) is 5.72. The molecule has 1 unspecified atom stereocenters. The van der Waals surface area contributed by atoms with Gasteiger partial charge in [-0.25, -0.2) is 0 Å². The first-order valence-corrected chi connectivity index (χ1v) is 7.24. The fraction of sp³-hybridized carbons (Fsp3) is 0.412. The number of aliphatic hydroxyl groups excluding tert-OH is 1. The molecule has 1 atom stereocenters. The molecule has 1 fully saturated rings. The molecule has 3 heteroatoms. The summed E-state index contributed by atoms with van der Waals surface area (Å²) in [4.78, 5) is 0. The average Bonchev–Trinajstić information content (AvgIpc) is 2.40. The molecule has 1 N–H and O–H groups in total. The molecule has 0 aliphatic heterocycles. The number of aliphatic hydroxyl groups is 1. The van der Waals surface area contributed by atoms with Gasteiger partial charge in [0.1, 0.15) is 6.10 Å². The molecule has 0 spiro atoms. The van der Waals surface area contributed by atoms with E-state index in [1.165, 1.54) is 24.8 Å². The monoisotopic (exact) mass is 268 g/mol. The van der Waals surface area contributed by atoms with Crippen molar-refractivity contribution < 1.29 is 5.11 Å². The van der Waals surface area contributed by atoms with Crippen molar-refractivity contribution in [2.45, 2.75) is 45.1 Å². The third-order valence-corrected chi connectivity index (χ3v) is 4.26. The molecule has 0 saturated heterocycles. The second-order valence-corrected chi connectivity index (χ2v) is 5.72. The first-order chi connectivity index (χ1) is 9.65. The van der Waals surface area contributed by atoms with Gasteiger partial charge < -0.3 is 5.11 Å². The van der Waals surface area contributed by atoms with Crippen molar-refractivity contribution in [1.29, 1.82) is 0 Å². The largest absolute Gasteiger partial charge is 0.384 e. The standard InChI is InChI=1S/C17H20N2O/c1-11-10-16(12(2)19-18-11)17(20)15-8-6-14(7-9-15)13-4-3-5-13/h6-10,13,17,20H,3-5H2,1-2H3. The van der Waals surface area contributed by atoms with Crippen LogP contribution in [0.5, 0.6) is 0 Å². The normalized spacial score (nSPS) is 16.8. The Labute approximate surface area is 119 Å². The van der Waals surface area contributed by atoms with Gasteiger partial charge in [-0.15, -0.1) is 0 Å². The van der Waals surface area contributed by atoms with Gasteiger partial charge in [-0.2, -0.15) is 10.2 Å². The molecule has 1 aliphatic rings. The summed E-state index contributed by atoms with van der Waals surface area (Å²) in [6, 6.07) is 10.3. The molecule has 0 radical (unpaired) electrons. The van der Waals surface area contributed by atoms with E-state index < -0.39 is 6.10 Å². The highest BCUT2D eigenvalue weighted by Gasteiger charge is 2.20. The minimum atomic E-state index is -0.625. The molecular weight excluding hydrogens is 248 g/mol. The predicted molar refractivity (Wildman–Crippen MR) is 78.6 cm³/mol. The van der Waals surface area contributed by atoms with Crippen LogP contribution in [0.1, 0.15) is 59.4 Å². The quantitative estimate of drug-likeness (QED) is 0.927. The maximum Gasteiger partial charge on any atom is 0.106 e. The number of hydrogen-bond donors (Lipinski definition) is 1. The number of rotatable bonds is 3. The molecule has 104 valence electrons. The summed E-state index contributed by atoms with van der Waals surface area (Å²) in [5, 5.41) is 18.6. The van der Waals surface area contributed by atoms with E-state index in [1.54, 1.807) is 0 Å². The van der Waals surface area contributed by atoms with Crippen LogP contribution in [0.3, 0.4) is 0 Å². The molecule has 1 aromatic heterocycles. The minimum absolute atomic E-state index is 0.625. The Morgan fingerprint density at radius 3 is 2.40 bits per heavy atom. The van der Waals surface area contributed by atoms with E-state index in [4.69, 9.17) is 0 Å². The van der Waals surface area contributed by atoms with Crippen molar-refractivity contribution in [2.75, 3.05) is 0 Å². The Bertz CT molecular complexity index is 603. The Hall–Kier alpha value is -1.74. The van der Waals surface area contributed by atoms with Crippen LogP contribution in [0.15, 0.2) is 30.3 Å². The predicted octanol–water partition coefficient (Wildman–Crippen LogP) is 3.44. The Balaban J connectivity index is 1.85. The summed E-state index contributed by atoms with van der Waals surface area (Å²) in [6.07, 6.45) is 3.32. The fourth-order valence-electron chi connectivity index (χ4n) is 2.72. The van der Waals surface area contributed by atoms with Crippen LogP contribution in [-0.4, -0.2) is 15.3 Å². The molecule has 3 rings (SSSR count). The van der Waals surface area contributed by atoms with Crippen LogP contribution in [-0.2, 0) is 0 Å². The zero-order valence-electron chi connectivity index (χ0n) is 12.0. The Kier molecular flexibility index (Phi) is 3.53. The van der Waals surface area contributed by atoms with Gasteiger partial charge in [-0.05, 0) is 49.8 Å². The molecule has 1 aliphatic carbocycles. The van der Waals surface area contributed by atoms with Gasteiger partial charge in [0.05, 0.1) is 11.4 Å². The first kappa shape index (κ1) is 13.3. The van der Waals surface area contributed by atoms with E-state index in [9.17, 15) is 5.11 Å². The third-order valence-electron chi connectivity index (χ3n) is 4.26. The van der Waals surface area contributed by atoms with Crippen molar-refractivity contribution in [1.82, 2.24) is 10.2 Å². The van der Waals surface area contributed by atoms with Gasteiger partial charge in [0.25, 0.3) is 0 Å².